The molecule has 0 bridgehead atoms. The summed E-state index contributed by atoms with van der Waals surface area (Å²) in [5.41, 5.74) is 0. The number of ether oxygens (including phenoxy) is 1. The van der Waals surface area contributed by atoms with E-state index in [1.165, 1.54) is 0 Å². The summed E-state index contributed by atoms with van der Waals surface area (Å²) in [6, 6.07) is 3.84. The zero-order valence-electron chi connectivity index (χ0n) is 8.74. The maximum absolute atomic E-state index is 5.88. The zero-order valence-corrected chi connectivity index (χ0v) is 10.3. The second kappa shape index (κ2) is 4.94. The molecule has 2 heterocycles. The number of halogens is 1. The van der Waals surface area contributed by atoms with Crippen LogP contribution in [0.2, 0.25) is 0 Å². The minimum atomic E-state index is 0.227. The first-order chi connectivity index (χ1) is 7.27. The van der Waals surface area contributed by atoms with Gasteiger partial charge in [-0.05, 0) is 46.9 Å². The Morgan fingerprint density at radius 1 is 1.60 bits per heavy atom. The minimum Gasteiger partial charge on any atom is -0.472 e. The van der Waals surface area contributed by atoms with Gasteiger partial charge in [0.2, 0.25) is 5.88 Å². The minimum absolute atomic E-state index is 0.227. The molecule has 15 heavy (non-hydrogen) atoms. The van der Waals surface area contributed by atoms with Crippen molar-refractivity contribution in [1.29, 1.82) is 0 Å². The summed E-state index contributed by atoms with van der Waals surface area (Å²) >= 11 is 3.44. The van der Waals surface area contributed by atoms with Gasteiger partial charge in [0.15, 0.2) is 0 Å². The van der Waals surface area contributed by atoms with E-state index in [1.807, 2.05) is 12.1 Å². The van der Waals surface area contributed by atoms with E-state index < -0.39 is 0 Å². The van der Waals surface area contributed by atoms with Gasteiger partial charge in [0, 0.05) is 12.7 Å². The average Bonchev–Trinajstić information content (AvgIpc) is 2.24. The summed E-state index contributed by atoms with van der Waals surface area (Å²) in [6.45, 7) is 4.22. The molecule has 1 N–H and O–H groups in total. The number of aromatic nitrogens is 1. The molecule has 1 saturated heterocycles. The van der Waals surface area contributed by atoms with Crippen LogP contribution < -0.4 is 10.1 Å². The SMILES string of the molecule is CC1CCNCC1Oc1ncccc1Br. The van der Waals surface area contributed by atoms with Crippen molar-refractivity contribution in [3.63, 3.8) is 0 Å². The third-order valence-electron chi connectivity index (χ3n) is 2.74. The highest BCUT2D eigenvalue weighted by Crippen LogP contribution is 2.24. The lowest BCUT2D eigenvalue weighted by Crippen LogP contribution is -2.43. The molecule has 2 rings (SSSR count). The van der Waals surface area contributed by atoms with Crippen molar-refractivity contribution in [3.8, 4) is 5.88 Å². The number of hydrogen-bond donors (Lipinski definition) is 1. The van der Waals surface area contributed by atoms with E-state index in [2.05, 4.69) is 33.2 Å². The molecule has 1 aliphatic heterocycles. The van der Waals surface area contributed by atoms with E-state index in [9.17, 15) is 0 Å². The molecule has 4 heteroatoms. The van der Waals surface area contributed by atoms with Crippen molar-refractivity contribution in [1.82, 2.24) is 10.3 Å². The highest BCUT2D eigenvalue weighted by molar-refractivity contribution is 9.10. The summed E-state index contributed by atoms with van der Waals surface area (Å²) in [5.74, 6) is 1.28. The van der Waals surface area contributed by atoms with E-state index in [0.29, 0.717) is 11.8 Å². The van der Waals surface area contributed by atoms with Crippen LogP contribution in [-0.4, -0.2) is 24.2 Å². The predicted octanol–water partition coefficient (Wildman–Crippen LogP) is 2.22. The summed E-state index contributed by atoms with van der Waals surface area (Å²) in [6.07, 6.45) is 3.14. The van der Waals surface area contributed by atoms with E-state index >= 15 is 0 Å². The fourth-order valence-corrected chi connectivity index (χ4v) is 2.07. The van der Waals surface area contributed by atoms with Crippen molar-refractivity contribution in [2.24, 2.45) is 5.92 Å². The molecule has 0 spiro atoms. The molecular formula is C11H15BrN2O. The average molecular weight is 271 g/mol. The van der Waals surface area contributed by atoms with E-state index in [1.54, 1.807) is 6.20 Å². The van der Waals surface area contributed by atoms with Crippen molar-refractivity contribution in [2.75, 3.05) is 13.1 Å². The molecule has 1 fully saturated rings. The number of rotatable bonds is 2. The molecule has 2 atom stereocenters. The van der Waals surface area contributed by atoms with Crippen LogP contribution in [0.3, 0.4) is 0 Å². The Hall–Kier alpha value is -0.610. The number of hydrogen-bond acceptors (Lipinski definition) is 3. The number of nitrogens with zero attached hydrogens (tertiary/aromatic N) is 1. The number of pyridine rings is 1. The maximum Gasteiger partial charge on any atom is 0.228 e. The summed E-state index contributed by atoms with van der Waals surface area (Å²) in [5, 5.41) is 3.34. The first-order valence-corrected chi connectivity index (χ1v) is 6.04. The second-order valence-corrected chi connectivity index (χ2v) is 4.77. The number of nitrogens with one attached hydrogen (secondary N) is 1. The van der Waals surface area contributed by atoms with Crippen LogP contribution in [0.25, 0.3) is 0 Å². The predicted molar refractivity (Wildman–Crippen MR) is 63.0 cm³/mol. The topological polar surface area (TPSA) is 34.1 Å². The molecule has 0 saturated carbocycles. The smallest absolute Gasteiger partial charge is 0.228 e. The normalized spacial score (nSPS) is 26.3. The molecule has 3 nitrogen and oxygen atoms in total. The fraction of sp³-hybridized carbons (Fsp3) is 0.545. The van der Waals surface area contributed by atoms with Gasteiger partial charge in [0.1, 0.15) is 6.10 Å². The van der Waals surface area contributed by atoms with Crippen LogP contribution in [0, 0.1) is 5.92 Å². The second-order valence-electron chi connectivity index (χ2n) is 3.92. The highest BCUT2D eigenvalue weighted by Gasteiger charge is 2.23. The molecular weight excluding hydrogens is 256 g/mol. The molecule has 82 valence electrons. The van der Waals surface area contributed by atoms with Gasteiger partial charge in [-0.15, -0.1) is 0 Å². The number of piperidine rings is 1. The van der Waals surface area contributed by atoms with Crippen LogP contribution >= 0.6 is 15.9 Å². The van der Waals surface area contributed by atoms with Gasteiger partial charge in [0.05, 0.1) is 4.47 Å². The van der Waals surface area contributed by atoms with Crippen LogP contribution in [0.5, 0.6) is 5.88 Å². The van der Waals surface area contributed by atoms with Crippen molar-refractivity contribution < 1.29 is 4.74 Å². The van der Waals surface area contributed by atoms with Crippen molar-refractivity contribution in [3.05, 3.63) is 22.8 Å². The quantitative estimate of drug-likeness (QED) is 0.895. The van der Waals surface area contributed by atoms with Crippen LogP contribution in [0.15, 0.2) is 22.8 Å². The fourth-order valence-electron chi connectivity index (χ4n) is 1.72. The third kappa shape index (κ3) is 2.69. The van der Waals surface area contributed by atoms with E-state index in [4.69, 9.17) is 4.74 Å². The van der Waals surface area contributed by atoms with Gasteiger partial charge in [-0.25, -0.2) is 4.98 Å². The van der Waals surface area contributed by atoms with Crippen molar-refractivity contribution in [2.45, 2.75) is 19.4 Å². The van der Waals surface area contributed by atoms with Gasteiger partial charge in [-0.1, -0.05) is 6.92 Å². The zero-order chi connectivity index (χ0) is 10.7. The van der Waals surface area contributed by atoms with E-state index in [0.717, 1.165) is 24.0 Å². The van der Waals surface area contributed by atoms with Crippen LogP contribution in [-0.2, 0) is 0 Å². The Kier molecular flexibility index (Phi) is 3.59. The lowest BCUT2D eigenvalue weighted by Gasteiger charge is -2.29. The highest BCUT2D eigenvalue weighted by atomic mass is 79.9. The Labute approximate surface area is 98.4 Å². The Bertz CT molecular complexity index is 332. The van der Waals surface area contributed by atoms with Crippen LogP contribution in [0.1, 0.15) is 13.3 Å². The first-order valence-electron chi connectivity index (χ1n) is 5.25. The van der Waals surface area contributed by atoms with Gasteiger partial charge in [-0.2, -0.15) is 0 Å². The van der Waals surface area contributed by atoms with Crippen LogP contribution in [0.4, 0.5) is 0 Å². The largest absolute Gasteiger partial charge is 0.472 e. The lowest BCUT2D eigenvalue weighted by molar-refractivity contribution is 0.109. The van der Waals surface area contributed by atoms with Gasteiger partial charge in [-0.3, -0.25) is 0 Å². The first kappa shape index (κ1) is 10.9. The summed E-state index contributed by atoms with van der Waals surface area (Å²) in [4.78, 5) is 4.21. The summed E-state index contributed by atoms with van der Waals surface area (Å²) < 4.78 is 6.80. The molecule has 0 aliphatic carbocycles. The Morgan fingerprint density at radius 2 is 2.47 bits per heavy atom. The molecule has 1 aromatic rings. The lowest BCUT2D eigenvalue weighted by atomic mass is 9.97. The Balaban J connectivity index is 2.04. The van der Waals surface area contributed by atoms with Crippen molar-refractivity contribution >= 4 is 15.9 Å². The molecule has 0 amide bonds. The summed E-state index contributed by atoms with van der Waals surface area (Å²) in [7, 11) is 0. The maximum atomic E-state index is 5.88. The van der Waals surface area contributed by atoms with E-state index in [-0.39, 0.29) is 6.10 Å². The van der Waals surface area contributed by atoms with Gasteiger partial charge < -0.3 is 10.1 Å². The molecule has 1 aliphatic rings. The molecule has 0 aromatic carbocycles. The third-order valence-corrected chi connectivity index (χ3v) is 3.35. The molecule has 1 aromatic heterocycles. The Morgan fingerprint density at radius 3 is 3.20 bits per heavy atom. The van der Waals surface area contributed by atoms with Gasteiger partial charge in [0.25, 0.3) is 0 Å². The molecule has 0 radical (unpaired) electrons. The molecule has 2 unspecified atom stereocenters. The monoisotopic (exact) mass is 270 g/mol. The standard InChI is InChI=1S/C11H15BrN2O/c1-8-4-6-13-7-10(8)15-11-9(12)3-2-5-14-11/h2-3,5,8,10,13H,4,6-7H2,1H3. The van der Waals surface area contributed by atoms with Gasteiger partial charge >= 0.3 is 0 Å².